The van der Waals surface area contributed by atoms with Gasteiger partial charge >= 0.3 is 0 Å². The molecule has 0 spiro atoms. The first-order chi connectivity index (χ1) is 13.0. The summed E-state index contributed by atoms with van der Waals surface area (Å²) in [5.74, 6) is 0.181. The lowest BCUT2D eigenvalue weighted by molar-refractivity contribution is 0.102. The molecule has 0 aliphatic rings. The third kappa shape index (κ3) is 3.15. The van der Waals surface area contributed by atoms with Crippen molar-refractivity contribution >= 4 is 22.7 Å². The third-order valence-corrected chi connectivity index (χ3v) is 4.47. The maximum absolute atomic E-state index is 12.6. The molecule has 1 amide bonds. The lowest BCUT2D eigenvalue weighted by Crippen LogP contribution is -2.13. The second-order valence-electron chi connectivity index (χ2n) is 6.45. The number of phenols is 1. The number of aromatic hydroxyl groups is 1. The van der Waals surface area contributed by atoms with Crippen LogP contribution in [0.4, 0.5) is 5.69 Å². The van der Waals surface area contributed by atoms with Gasteiger partial charge in [-0.2, -0.15) is 0 Å². The summed E-state index contributed by atoms with van der Waals surface area (Å²) in [5.41, 5.74) is 4.46. The molecule has 0 saturated carbocycles. The Morgan fingerprint density at radius 1 is 1.00 bits per heavy atom. The van der Waals surface area contributed by atoms with Gasteiger partial charge in [0.15, 0.2) is 5.58 Å². The topological polar surface area (TPSA) is 75.4 Å². The maximum Gasteiger partial charge on any atom is 0.255 e. The first-order valence-corrected chi connectivity index (χ1v) is 8.59. The molecule has 1 aromatic heterocycles. The minimum absolute atomic E-state index is 0.0791. The number of carbonyl (C=O) groups is 1. The zero-order chi connectivity index (χ0) is 19.0. The van der Waals surface area contributed by atoms with Crippen LogP contribution in [0.25, 0.3) is 22.6 Å². The Morgan fingerprint density at radius 2 is 1.74 bits per heavy atom. The third-order valence-electron chi connectivity index (χ3n) is 4.47. The van der Waals surface area contributed by atoms with Crippen LogP contribution in [0, 0.1) is 13.8 Å². The number of oxazole rings is 1. The summed E-state index contributed by atoms with van der Waals surface area (Å²) in [7, 11) is 0. The summed E-state index contributed by atoms with van der Waals surface area (Å²) >= 11 is 0. The Hall–Kier alpha value is -3.60. The number of para-hydroxylation sites is 2. The molecule has 0 aliphatic heterocycles. The van der Waals surface area contributed by atoms with Crippen LogP contribution in [-0.2, 0) is 0 Å². The van der Waals surface area contributed by atoms with E-state index in [1.165, 1.54) is 0 Å². The zero-order valence-corrected chi connectivity index (χ0v) is 15.0. The number of carbonyl (C=O) groups excluding carboxylic acids is 1. The quantitative estimate of drug-likeness (QED) is 0.501. The van der Waals surface area contributed by atoms with Gasteiger partial charge in [0, 0.05) is 11.3 Å². The van der Waals surface area contributed by atoms with Crippen LogP contribution in [0.15, 0.2) is 65.1 Å². The number of phenolic OH excluding ortho intramolecular Hbond substituents is 1. The molecule has 2 N–H and O–H groups in total. The van der Waals surface area contributed by atoms with Gasteiger partial charge in [-0.05, 0) is 55.3 Å². The van der Waals surface area contributed by atoms with E-state index in [4.69, 9.17) is 4.42 Å². The normalized spacial score (nSPS) is 10.9. The zero-order valence-electron chi connectivity index (χ0n) is 15.0. The van der Waals surface area contributed by atoms with Crippen molar-refractivity contribution in [3.8, 4) is 17.2 Å². The average Bonchev–Trinajstić information content (AvgIpc) is 3.08. The summed E-state index contributed by atoms with van der Waals surface area (Å²) in [4.78, 5) is 17.0. The molecule has 4 aromatic rings. The number of hydrogen-bond donors (Lipinski definition) is 2. The molecule has 0 radical (unpaired) electrons. The predicted molar refractivity (Wildman–Crippen MR) is 105 cm³/mol. The van der Waals surface area contributed by atoms with Crippen LogP contribution in [-0.4, -0.2) is 16.0 Å². The van der Waals surface area contributed by atoms with Crippen LogP contribution < -0.4 is 5.32 Å². The number of nitrogens with zero attached hydrogens (tertiary/aromatic N) is 1. The molecular weight excluding hydrogens is 340 g/mol. The number of hydrogen-bond acceptors (Lipinski definition) is 4. The highest BCUT2D eigenvalue weighted by Gasteiger charge is 2.17. The fraction of sp³-hybridized carbons (Fsp3) is 0.0909. The second kappa shape index (κ2) is 6.61. The molecule has 27 heavy (non-hydrogen) atoms. The predicted octanol–water partition coefficient (Wildman–Crippen LogP) is 5.07. The Labute approximate surface area is 156 Å². The maximum atomic E-state index is 12.6. The lowest BCUT2D eigenvalue weighted by atomic mass is 10.1. The van der Waals surface area contributed by atoms with E-state index in [1.807, 2.05) is 49.4 Å². The molecule has 1 heterocycles. The Morgan fingerprint density at radius 3 is 2.52 bits per heavy atom. The van der Waals surface area contributed by atoms with Gasteiger partial charge in [-0.3, -0.25) is 4.79 Å². The van der Waals surface area contributed by atoms with E-state index >= 15 is 0 Å². The number of amides is 1. The minimum Gasteiger partial charge on any atom is -0.507 e. The molecule has 0 fully saturated rings. The van der Waals surface area contributed by atoms with E-state index in [9.17, 15) is 9.90 Å². The minimum atomic E-state index is -0.207. The monoisotopic (exact) mass is 358 g/mol. The van der Waals surface area contributed by atoms with Crippen LogP contribution in [0.1, 0.15) is 21.5 Å². The summed E-state index contributed by atoms with van der Waals surface area (Å²) in [5, 5.41) is 13.4. The molecule has 0 unspecified atom stereocenters. The van der Waals surface area contributed by atoms with Gasteiger partial charge in [0.05, 0.1) is 5.56 Å². The van der Waals surface area contributed by atoms with Crippen LogP contribution in [0.3, 0.4) is 0 Å². The summed E-state index contributed by atoms with van der Waals surface area (Å²) in [6, 6.07) is 18.2. The number of aryl methyl sites for hydroxylation is 2. The highest BCUT2D eigenvalue weighted by Crippen LogP contribution is 2.36. The van der Waals surface area contributed by atoms with Crippen molar-refractivity contribution in [3.05, 3.63) is 77.4 Å². The molecular formula is C22H18N2O3. The highest BCUT2D eigenvalue weighted by molar-refractivity contribution is 6.05. The van der Waals surface area contributed by atoms with E-state index in [2.05, 4.69) is 10.3 Å². The number of aromatic nitrogens is 1. The number of fused-ring (bicyclic) bond motifs is 1. The number of nitrogens with one attached hydrogen (secondary N) is 1. The van der Waals surface area contributed by atoms with Gasteiger partial charge in [-0.1, -0.05) is 30.3 Å². The molecule has 0 atom stereocenters. The van der Waals surface area contributed by atoms with Crippen molar-refractivity contribution in [2.45, 2.75) is 13.8 Å². The Bertz CT molecular complexity index is 1130. The van der Waals surface area contributed by atoms with Crippen molar-refractivity contribution < 1.29 is 14.3 Å². The molecule has 5 heteroatoms. The van der Waals surface area contributed by atoms with E-state index in [0.717, 1.165) is 5.56 Å². The average molecular weight is 358 g/mol. The Kier molecular flexibility index (Phi) is 4.12. The second-order valence-corrected chi connectivity index (χ2v) is 6.45. The van der Waals surface area contributed by atoms with Crippen molar-refractivity contribution in [1.29, 1.82) is 0 Å². The molecule has 0 aliphatic carbocycles. The van der Waals surface area contributed by atoms with Crippen LogP contribution >= 0.6 is 0 Å². The van der Waals surface area contributed by atoms with E-state index in [1.54, 1.807) is 25.1 Å². The first-order valence-electron chi connectivity index (χ1n) is 8.59. The fourth-order valence-electron chi connectivity index (χ4n) is 3.03. The van der Waals surface area contributed by atoms with E-state index < -0.39 is 0 Å². The highest BCUT2D eigenvalue weighted by atomic mass is 16.3. The molecule has 134 valence electrons. The molecule has 0 saturated heterocycles. The van der Waals surface area contributed by atoms with Gasteiger partial charge in [-0.15, -0.1) is 0 Å². The van der Waals surface area contributed by atoms with Gasteiger partial charge in [0.2, 0.25) is 5.89 Å². The standard InChI is InChI=1S/C22H18N2O3/c1-13-7-3-4-8-16(13)21(26)23-15-11-14(2)20(25)17(12-15)22-24-18-9-5-6-10-19(18)27-22/h3-12,25H,1-2H3,(H,23,26). The van der Waals surface area contributed by atoms with Crippen molar-refractivity contribution in [2.75, 3.05) is 5.32 Å². The summed E-state index contributed by atoms with van der Waals surface area (Å²) in [6.07, 6.45) is 0. The number of rotatable bonds is 3. The van der Waals surface area contributed by atoms with E-state index in [-0.39, 0.29) is 11.7 Å². The SMILES string of the molecule is Cc1ccccc1C(=O)Nc1cc(C)c(O)c(-c2nc3ccccc3o2)c1. The lowest BCUT2D eigenvalue weighted by Gasteiger charge is -2.11. The summed E-state index contributed by atoms with van der Waals surface area (Å²) < 4.78 is 5.77. The van der Waals surface area contributed by atoms with Crippen molar-refractivity contribution in [1.82, 2.24) is 4.98 Å². The molecule has 4 rings (SSSR count). The van der Waals surface area contributed by atoms with Crippen LogP contribution in [0.2, 0.25) is 0 Å². The van der Waals surface area contributed by atoms with Gasteiger partial charge < -0.3 is 14.8 Å². The number of anilines is 1. The largest absolute Gasteiger partial charge is 0.507 e. The first kappa shape index (κ1) is 16.8. The van der Waals surface area contributed by atoms with Gasteiger partial charge in [0.25, 0.3) is 5.91 Å². The molecule has 5 nitrogen and oxygen atoms in total. The van der Waals surface area contributed by atoms with Crippen molar-refractivity contribution in [3.63, 3.8) is 0 Å². The fourth-order valence-corrected chi connectivity index (χ4v) is 3.03. The molecule has 3 aromatic carbocycles. The Balaban J connectivity index is 1.73. The van der Waals surface area contributed by atoms with E-state index in [0.29, 0.717) is 39.4 Å². The van der Waals surface area contributed by atoms with Gasteiger partial charge in [-0.25, -0.2) is 4.98 Å². The van der Waals surface area contributed by atoms with Crippen molar-refractivity contribution in [2.24, 2.45) is 0 Å². The smallest absolute Gasteiger partial charge is 0.255 e. The van der Waals surface area contributed by atoms with Crippen LogP contribution in [0.5, 0.6) is 5.75 Å². The molecule has 0 bridgehead atoms. The number of benzene rings is 3. The van der Waals surface area contributed by atoms with Gasteiger partial charge in [0.1, 0.15) is 11.3 Å². The summed E-state index contributed by atoms with van der Waals surface area (Å²) in [6.45, 7) is 3.66.